The van der Waals surface area contributed by atoms with Crippen LogP contribution in [0.15, 0.2) is 71.6 Å². The van der Waals surface area contributed by atoms with Gasteiger partial charge in [-0.2, -0.15) is 0 Å². The monoisotopic (exact) mass is 438 g/mol. The summed E-state index contributed by atoms with van der Waals surface area (Å²) < 4.78 is 33.2. The third-order valence-electron chi connectivity index (χ3n) is 4.74. The van der Waals surface area contributed by atoms with Crippen molar-refractivity contribution < 1.29 is 17.9 Å². The van der Waals surface area contributed by atoms with Crippen LogP contribution >= 0.6 is 0 Å². The number of carbonyl (C=O) groups excluding carboxylic acids is 1. The molecule has 0 saturated heterocycles. The minimum absolute atomic E-state index is 0.111. The van der Waals surface area contributed by atoms with Crippen molar-refractivity contribution in [2.45, 2.75) is 25.7 Å². The third kappa shape index (κ3) is 5.44. The zero-order valence-electron chi connectivity index (χ0n) is 18.0. The molecule has 0 heterocycles. The van der Waals surface area contributed by atoms with E-state index in [1.165, 1.54) is 7.11 Å². The second-order valence-electron chi connectivity index (χ2n) is 7.45. The van der Waals surface area contributed by atoms with Crippen LogP contribution in [0.1, 0.15) is 16.7 Å². The van der Waals surface area contributed by atoms with Gasteiger partial charge < -0.3 is 10.1 Å². The van der Waals surface area contributed by atoms with Gasteiger partial charge >= 0.3 is 0 Å². The highest BCUT2D eigenvalue weighted by Crippen LogP contribution is 2.27. The third-order valence-corrected chi connectivity index (χ3v) is 6.53. The molecular formula is C24H26N2O4S. The number of aryl methyl sites for hydroxylation is 3. The number of nitrogens with one attached hydrogen (secondary N) is 1. The van der Waals surface area contributed by atoms with Crippen LogP contribution in [0.25, 0.3) is 0 Å². The first-order chi connectivity index (χ1) is 14.7. The summed E-state index contributed by atoms with van der Waals surface area (Å²) in [5.74, 6) is 0.0554. The van der Waals surface area contributed by atoms with E-state index in [2.05, 4.69) is 5.32 Å². The van der Waals surface area contributed by atoms with Crippen molar-refractivity contribution >= 4 is 27.3 Å². The van der Waals surface area contributed by atoms with Crippen molar-refractivity contribution in [3.63, 3.8) is 0 Å². The molecular weight excluding hydrogens is 412 g/mol. The lowest BCUT2D eigenvalue weighted by molar-refractivity contribution is -0.114. The number of anilines is 2. The van der Waals surface area contributed by atoms with Gasteiger partial charge in [-0.15, -0.1) is 0 Å². The maximum absolute atomic E-state index is 13.4. The van der Waals surface area contributed by atoms with Gasteiger partial charge in [0.15, 0.2) is 0 Å². The summed E-state index contributed by atoms with van der Waals surface area (Å²) >= 11 is 0. The first kappa shape index (κ1) is 22.4. The van der Waals surface area contributed by atoms with Crippen LogP contribution in [0, 0.1) is 20.8 Å². The Hall–Kier alpha value is -3.32. The van der Waals surface area contributed by atoms with Crippen molar-refractivity contribution in [2.75, 3.05) is 23.3 Å². The molecule has 0 radical (unpaired) electrons. The Balaban J connectivity index is 1.97. The Bertz CT molecular complexity index is 1170. The van der Waals surface area contributed by atoms with Gasteiger partial charge in [0.25, 0.3) is 10.0 Å². The number of hydrogen-bond acceptors (Lipinski definition) is 4. The number of carbonyl (C=O) groups is 1. The molecule has 1 N–H and O–H groups in total. The van der Waals surface area contributed by atoms with E-state index in [0.29, 0.717) is 17.1 Å². The van der Waals surface area contributed by atoms with E-state index in [1.807, 2.05) is 39.0 Å². The van der Waals surface area contributed by atoms with E-state index < -0.39 is 15.9 Å². The second kappa shape index (κ2) is 9.22. The van der Waals surface area contributed by atoms with E-state index in [0.717, 1.165) is 21.0 Å². The summed E-state index contributed by atoms with van der Waals surface area (Å²) in [6.07, 6.45) is 0. The largest absolute Gasteiger partial charge is 0.497 e. The highest BCUT2D eigenvalue weighted by molar-refractivity contribution is 7.92. The summed E-state index contributed by atoms with van der Waals surface area (Å²) in [6, 6.07) is 18.9. The molecule has 162 valence electrons. The topological polar surface area (TPSA) is 75.7 Å². The van der Waals surface area contributed by atoms with Crippen LogP contribution < -0.4 is 14.4 Å². The van der Waals surface area contributed by atoms with E-state index in [-0.39, 0.29) is 11.4 Å². The highest BCUT2D eigenvalue weighted by atomic mass is 32.2. The molecule has 0 aliphatic rings. The first-order valence-electron chi connectivity index (χ1n) is 9.80. The molecule has 3 aromatic carbocycles. The molecule has 1 amide bonds. The molecule has 0 unspecified atom stereocenters. The summed E-state index contributed by atoms with van der Waals surface area (Å²) in [7, 11) is -2.48. The number of rotatable bonds is 7. The molecule has 3 aromatic rings. The molecule has 0 spiro atoms. The minimum atomic E-state index is -3.98. The Morgan fingerprint density at radius 3 is 2.16 bits per heavy atom. The maximum atomic E-state index is 13.4. The van der Waals surface area contributed by atoms with E-state index >= 15 is 0 Å². The van der Waals surface area contributed by atoms with Crippen molar-refractivity contribution in [2.24, 2.45) is 0 Å². The van der Waals surface area contributed by atoms with Crippen LogP contribution in [0.3, 0.4) is 0 Å². The van der Waals surface area contributed by atoms with Gasteiger partial charge in [-0.3, -0.25) is 9.10 Å². The normalized spacial score (nSPS) is 11.1. The van der Waals surface area contributed by atoms with Gasteiger partial charge in [-0.25, -0.2) is 8.42 Å². The molecule has 7 heteroatoms. The summed E-state index contributed by atoms with van der Waals surface area (Å²) in [4.78, 5) is 13.0. The van der Waals surface area contributed by atoms with Crippen LogP contribution in [-0.4, -0.2) is 28.0 Å². The van der Waals surface area contributed by atoms with Gasteiger partial charge in [-0.1, -0.05) is 29.8 Å². The number of methoxy groups -OCH3 is 1. The molecule has 0 aromatic heterocycles. The fourth-order valence-electron chi connectivity index (χ4n) is 3.30. The van der Waals surface area contributed by atoms with E-state index in [4.69, 9.17) is 4.74 Å². The minimum Gasteiger partial charge on any atom is -0.497 e. The Labute approximate surface area is 183 Å². The Morgan fingerprint density at radius 2 is 1.55 bits per heavy atom. The average Bonchev–Trinajstić information content (AvgIpc) is 2.71. The Kier molecular flexibility index (Phi) is 6.65. The smallest absolute Gasteiger partial charge is 0.264 e. The molecule has 0 aliphatic heterocycles. The predicted molar refractivity (Wildman–Crippen MR) is 123 cm³/mol. The molecule has 0 bridgehead atoms. The SMILES string of the molecule is COc1cccc(N(CC(=O)Nc2cc(C)cc(C)c2)S(=O)(=O)c2ccc(C)cc2)c1. The molecule has 0 saturated carbocycles. The van der Waals surface area contributed by atoms with Crippen molar-refractivity contribution in [1.29, 1.82) is 0 Å². The van der Waals surface area contributed by atoms with Gasteiger partial charge in [0, 0.05) is 11.8 Å². The van der Waals surface area contributed by atoms with E-state index in [1.54, 1.807) is 48.5 Å². The van der Waals surface area contributed by atoms with Gasteiger partial charge in [0.1, 0.15) is 12.3 Å². The quantitative estimate of drug-likeness (QED) is 0.591. The van der Waals surface area contributed by atoms with Crippen LogP contribution in [0.4, 0.5) is 11.4 Å². The molecule has 6 nitrogen and oxygen atoms in total. The number of benzene rings is 3. The zero-order chi connectivity index (χ0) is 22.6. The lowest BCUT2D eigenvalue weighted by atomic mass is 10.1. The number of sulfonamides is 1. The van der Waals surface area contributed by atoms with Crippen molar-refractivity contribution in [1.82, 2.24) is 0 Å². The standard InChI is InChI=1S/C24H26N2O4S/c1-17-8-10-23(11-9-17)31(28,29)26(21-6-5-7-22(15-21)30-4)16-24(27)25-20-13-18(2)12-19(3)14-20/h5-15H,16H2,1-4H3,(H,25,27). The summed E-state index contributed by atoms with van der Waals surface area (Å²) in [5.41, 5.74) is 3.93. The second-order valence-corrected chi connectivity index (χ2v) is 9.31. The van der Waals surface area contributed by atoms with Crippen LogP contribution in [0.2, 0.25) is 0 Å². The lowest BCUT2D eigenvalue weighted by Gasteiger charge is -2.24. The van der Waals surface area contributed by atoms with Gasteiger partial charge in [-0.05, 0) is 68.3 Å². The number of amides is 1. The molecule has 0 aliphatic carbocycles. The molecule has 31 heavy (non-hydrogen) atoms. The van der Waals surface area contributed by atoms with E-state index in [9.17, 15) is 13.2 Å². The fraction of sp³-hybridized carbons (Fsp3) is 0.208. The predicted octanol–water partition coefficient (Wildman–Crippen LogP) is 4.45. The number of ether oxygens (including phenoxy) is 1. The molecule has 0 fully saturated rings. The van der Waals surface area contributed by atoms with Gasteiger partial charge in [0.05, 0.1) is 17.7 Å². The molecule has 0 atom stereocenters. The Morgan fingerprint density at radius 1 is 0.903 bits per heavy atom. The van der Waals surface area contributed by atoms with Gasteiger partial charge in [0.2, 0.25) is 5.91 Å². The zero-order valence-corrected chi connectivity index (χ0v) is 18.9. The maximum Gasteiger partial charge on any atom is 0.264 e. The van der Waals surface area contributed by atoms with Crippen LogP contribution in [0.5, 0.6) is 5.75 Å². The van der Waals surface area contributed by atoms with Crippen molar-refractivity contribution in [3.8, 4) is 5.75 Å². The highest BCUT2D eigenvalue weighted by Gasteiger charge is 2.27. The summed E-state index contributed by atoms with van der Waals surface area (Å²) in [5, 5.41) is 2.81. The summed E-state index contributed by atoms with van der Waals surface area (Å²) in [6.45, 7) is 5.38. The first-order valence-corrected chi connectivity index (χ1v) is 11.2. The van der Waals surface area contributed by atoms with Crippen molar-refractivity contribution in [3.05, 3.63) is 83.4 Å². The number of nitrogens with zero attached hydrogens (tertiary/aromatic N) is 1. The average molecular weight is 439 g/mol. The lowest BCUT2D eigenvalue weighted by Crippen LogP contribution is -2.38. The fourth-order valence-corrected chi connectivity index (χ4v) is 4.71. The molecule has 3 rings (SSSR count). The number of hydrogen-bond donors (Lipinski definition) is 1. The van der Waals surface area contributed by atoms with Crippen LogP contribution in [-0.2, 0) is 14.8 Å².